The number of hydrogen-bond acceptors (Lipinski definition) is 3. The van der Waals surface area contributed by atoms with E-state index in [0.29, 0.717) is 11.3 Å². The maximum atomic E-state index is 13.5. The minimum absolute atomic E-state index is 0.0780. The van der Waals surface area contributed by atoms with E-state index < -0.39 is 33.8 Å². The molecule has 2 unspecified atom stereocenters. The molecule has 4 N–H and O–H groups in total. The zero-order valence-corrected chi connectivity index (χ0v) is 21.8. The van der Waals surface area contributed by atoms with Crippen LogP contribution in [0.5, 0.6) is 0 Å². The van der Waals surface area contributed by atoms with E-state index in [1.807, 2.05) is 0 Å². The molecule has 3 aromatic rings. The highest BCUT2D eigenvalue weighted by atomic mass is 35.5. The topological polar surface area (TPSA) is 84.2 Å². The first-order chi connectivity index (χ1) is 16.4. The molecule has 1 aliphatic carbocycles. The summed E-state index contributed by atoms with van der Waals surface area (Å²) in [5.74, 6) is -3.09. The normalized spacial score (nSPS) is 18.1. The average molecular weight is 596 g/mol. The number of nitrogens with one attached hydrogen (secondary N) is 2. The van der Waals surface area contributed by atoms with Gasteiger partial charge in [-0.3, -0.25) is 9.59 Å². The number of carbonyl (C=O) groups excluding carboxylic acids is 2. The van der Waals surface area contributed by atoms with E-state index in [1.54, 1.807) is 0 Å². The van der Waals surface area contributed by atoms with E-state index in [9.17, 15) is 14.0 Å². The molecule has 0 spiro atoms. The lowest BCUT2D eigenvalue weighted by atomic mass is 10.1. The number of benzene rings is 3. The summed E-state index contributed by atoms with van der Waals surface area (Å²) in [5, 5.41) is 5.70. The van der Waals surface area contributed by atoms with Gasteiger partial charge in [-0.15, -0.1) is 23.2 Å². The van der Waals surface area contributed by atoms with Gasteiger partial charge in [-0.05, 0) is 48.0 Å². The Morgan fingerprint density at radius 3 is 2.11 bits per heavy atom. The average Bonchev–Trinajstić information content (AvgIpc) is 3.37. The molecule has 5 nitrogen and oxygen atoms in total. The van der Waals surface area contributed by atoms with Crippen molar-refractivity contribution < 1.29 is 14.0 Å². The van der Waals surface area contributed by atoms with Gasteiger partial charge >= 0.3 is 0 Å². The predicted octanol–water partition coefficient (Wildman–Crippen LogP) is 7.80. The summed E-state index contributed by atoms with van der Waals surface area (Å²) in [6.07, 6.45) is 0. The molecule has 0 saturated heterocycles. The van der Waals surface area contributed by atoms with Gasteiger partial charge in [0.15, 0.2) is 0 Å². The van der Waals surface area contributed by atoms with Crippen molar-refractivity contribution >= 4 is 98.5 Å². The van der Waals surface area contributed by atoms with Crippen molar-refractivity contribution in [2.75, 3.05) is 16.4 Å². The van der Waals surface area contributed by atoms with Crippen molar-refractivity contribution in [1.82, 2.24) is 0 Å². The Morgan fingerprint density at radius 2 is 1.49 bits per heavy atom. The molecule has 182 valence electrons. The molecule has 1 aliphatic rings. The van der Waals surface area contributed by atoms with Crippen LogP contribution in [-0.2, 0) is 4.79 Å². The van der Waals surface area contributed by atoms with Crippen LogP contribution in [0, 0.1) is 11.7 Å². The van der Waals surface area contributed by atoms with E-state index in [4.69, 9.17) is 75.3 Å². The van der Waals surface area contributed by atoms with Gasteiger partial charge in [-0.2, -0.15) is 0 Å². The molecule has 4 rings (SSSR count). The molecule has 0 bridgehead atoms. The van der Waals surface area contributed by atoms with E-state index >= 15 is 0 Å². The zero-order valence-electron chi connectivity index (χ0n) is 17.3. The number of carbonyl (C=O) groups is 2. The second-order valence-electron chi connectivity index (χ2n) is 7.79. The summed E-state index contributed by atoms with van der Waals surface area (Å²) >= 11 is 36.8. The monoisotopic (exact) mass is 593 g/mol. The summed E-state index contributed by atoms with van der Waals surface area (Å²) < 4.78 is 12.1. The van der Waals surface area contributed by atoms with Gasteiger partial charge < -0.3 is 16.4 Å². The number of rotatable bonds is 5. The van der Waals surface area contributed by atoms with Crippen molar-refractivity contribution in [3.05, 3.63) is 85.6 Å². The van der Waals surface area contributed by atoms with Crippen molar-refractivity contribution in [1.29, 1.82) is 0 Å². The molecule has 35 heavy (non-hydrogen) atoms. The highest BCUT2D eigenvalue weighted by Gasteiger charge is 2.67. The molecular formula is C23H14Cl6FN3O2. The van der Waals surface area contributed by atoms with E-state index in [-0.39, 0.29) is 37.0 Å². The quantitative estimate of drug-likeness (QED) is 0.208. The van der Waals surface area contributed by atoms with Crippen LogP contribution in [0.25, 0.3) is 0 Å². The molecule has 1 fully saturated rings. The Bertz CT molecular complexity index is 1340. The first kappa shape index (κ1) is 26.1. The molecule has 0 aliphatic heterocycles. The molecule has 12 heteroatoms. The number of alkyl halides is 2. The maximum Gasteiger partial charge on any atom is 0.257 e. The number of amides is 2. The lowest BCUT2D eigenvalue weighted by molar-refractivity contribution is -0.117. The molecule has 3 aromatic carbocycles. The molecule has 0 radical (unpaired) electrons. The molecule has 0 heterocycles. The molecule has 2 atom stereocenters. The number of hydrogen-bond donors (Lipinski definition) is 3. The van der Waals surface area contributed by atoms with Gasteiger partial charge in [-0.25, -0.2) is 4.39 Å². The Balaban J connectivity index is 1.51. The third-order valence-corrected chi connectivity index (χ3v) is 7.64. The van der Waals surface area contributed by atoms with E-state index in [0.717, 1.165) is 0 Å². The van der Waals surface area contributed by atoms with Crippen molar-refractivity contribution in [2.45, 2.75) is 10.3 Å². The first-order valence-electron chi connectivity index (χ1n) is 9.89. The van der Waals surface area contributed by atoms with Crippen LogP contribution >= 0.6 is 69.6 Å². The Hall–Kier alpha value is -1.93. The van der Waals surface area contributed by atoms with Gasteiger partial charge in [-0.1, -0.05) is 52.5 Å². The van der Waals surface area contributed by atoms with Crippen LogP contribution in [0.15, 0.2) is 48.5 Å². The lowest BCUT2D eigenvalue weighted by Gasteiger charge is -2.11. The highest BCUT2D eigenvalue weighted by Crippen LogP contribution is 2.65. The van der Waals surface area contributed by atoms with Crippen LogP contribution in [0.1, 0.15) is 21.8 Å². The zero-order chi connectivity index (χ0) is 25.7. The van der Waals surface area contributed by atoms with Gasteiger partial charge in [0.2, 0.25) is 5.91 Å². The SMILES string of the molecule is Nc1c(Cl)cc(NC(=O)c2cc(NC(=O)C3C(c4ccc(F)c(Cl)c4)C3(Cl)Cl)ccc2Cl)cc1Cl. The van der Waals surface area contributed by atoms with Crippen molar-refractivity contribution in [2.24, 2.45) is 5.92 Å². The van der Waals surface area contributed by atoms with Crippen LogP contribution in [-0.4, -0.2) is 16.1 Å². The minimum Gasteiger partial charge on any atom is -0.396 e. The molecule has 1 saturated carbocycles. The minimum atomic E-state index is -1.41. The van der Waals surface area contributed by atoms with Gasteiger partial charge in [0.05, 0.1) is 37.3 Å². The third-order valence-electron chi connectivity index (χ3n) is 5.45. The van der Waals surface area contributed by atoms with Crippen LogP contribution in [0.3, 0.4) is 0 Å². The van der Waals surface area contributed by atoms with Crippen molar-refractivity contribution in [3.63, 3.8) is 0 Å². The van der Waals surface area contributed by atoms with Crippen molar-refractivity contribution in [3.8, 4) is 0 Å². The Morgan fingerprint density at radius 1 is 0.829 bits per heavy atom. The standard InChI is InChI=1S/C23H14Cl6FN3O2/c24-13-3-2-10(6-12(13)21(34)33-11-7-15(26)20(31)16(27)8-11)32-22(35)19-18(23(19,28)29)9-1-4-17(30)14(25)5-9/h1-8,18-19H,31H2,(H,32,35)(H,33,34). The summed E-state index contributed by atoms with van der Waals surface area (Å²) in [6.45, 7) is 0. The summed E-state index contributed by atoms with van der Waals surface area (Å²) in [4.78, 5) is 25.7. The van der Waals surface area contributed by atoms with E-state index in [2.05, 4.69) is 10.6 Å². The highest BCUT2D eigenvalue weighted by molar-refractivity contribution is 6.53. The molecule has 0 aromatic heterocycles. The summed E-state index contributed by atoms with van der Waals surface area (Å²) in [6, 6.07) is 11.3. The smallest absolute Gasteiger partial charge is 0.257 e. The maximum absolute atomic E-state index is 13.5. The number of halogens is 7. The van der Waals surface area contributed by atoms with Gasteiger partial charge in [0, 0.05) is 17.3 Å². The van der Waals surface area contributed by atoms with Gasteiger partial charge in [0.25, 0.3) is 5.91 Å². The fourth-order valence-electron chi connectivity index (χ4n) is 3.63. The second kappa shape index (κ2) is 9.85. The number of nitrogen functional groups attached to an aromatic ring is 1. The van der Waals surface area contributed by atoms with Crippen LogP contribution < -0.4 is 16.4 Å². The molecule has 2 amide bonds. The molecular weight excluding hydrogens is 582 g/mol. The second-order valence-corrected chi connectivity index (χ2v) is 10.9. The van der Waals surface area contributed by atoms with E-state index in [1.165, 1.54) is 48.5 Å². The Labute approximate surface area is 229 Å². The number of anilines is 3. The summed E-state index contributed by atoms with van der Waals surface area (Å²) in [5.41, 5.74) is 7.09. The fourth-order valence-corrected chi connectivity index (χ4v) is 5.33. The lowest BCUT2D eigenvalue weighted by Crippen LogP contribution is -2.18. The summed E-state index contributed by atoms with van der Waals surface area (Å²) in [7, 11) is 0. The van der Waals surface area contributed by atoms with Crippen LogP contribution in [0.2, 0.25) is 20.1 Å². The fraction of sp³-hybridized carbons (Fsp3) is 0.130. The van der Waals surface area contributed by atoms with Gasteiger partial charge in [0.1, 0.15) is 10.2 Å². The predicted molar refractivity (Wildman–Crippen MR) is 141 cm³/mol. The largest absolute Gasteiger partial charge is 0.396 e. The van der Waals surface area contributed by atoms with Crippen LogP contribution in [0.4, 0.5) is 21.5 Å². The first-order valence-corrected chi connectivity index (χ1v) is 12.2. The third kappa shape index (κ3) is 5.29. The number of nitrogens with two attached hydrogens (primary N) is 1. The Kier molecular flexibility index (Phi) is 7.36.